The maximum atomic E-state index is 11.9. The molecule has 0 spiro atoms. The summed E-state index contributed by atoms with van der Waals surface area (Å²) in [5, 5.41) is 23.7. The lowest BCUT2D eigenvalue weighted by Gasteiger charge is -2.08. The van der Waals surface area contributed by atoms with E-state index in [0.717, 1.165) is 0 Å². The van der Waals surface area contributed by atoms with Crippen LogP contribution in [0.15, 0.2) is 23.7 Å². The van der Waals surface area contributed by atoms with Gasteiger partial charge in [0.15, 0.2) is 11.0 Å². The minimum atomic E-state index is -0.996. The van der Waals surface area contributed by atoms with Gasteiger partial charge < -0.3 is 15.0 Å². The van der Waals surface area contributed by atoms with Gasteiger partial charge in [-0.2, -0.15) is 5.10 Å². The average molecular weight is 324 g/mol. The second-order valence-corrected chi connectivity index (χ2v) is 5.69. The van der Waals surface area contributed by atoms with Crippen LogP contribution in [-0.4, -0.2) is 47.3 Å². The van der Waals surface area contributed by atoms with Crippen molar-refractivity contribution in [1.29, 1.82) is 0 Å². The van der Waals surface area contributed by atoms with Crippen molar-refractivity contribution in [1.82, 2.24) is 24.5 Å². The minimum absolute atomic E-state index is 0.164. The first kappa shape index (κ1) is 16.0. The van der Waals surface area contributed by atoms with Crippen molar-refractivity contribution in [2.24, 2.45) is 0 Å². The fourth-order valence-electron chi connectivity index (χ4n) is 1.65. The Morgan fingerprint density at radius 3 is 2.91 bits per heavy atom. The number of anilines is 1. The van der Waals surface area contributed by atoms with E-state index in [1.54, 1.807) is 12.4 Å². The molecule has 0 aromatic carbocycles. The van der Waals surface area contributed by atoms with Crippen molar-refractivity contribution in [3.8, 4) is 0 Å². The number of thioether (sulfide) groups is 1. The predicted octanol–water partition coefficient (Wildman–Crippen LogP) is 0.871. The standard InChI is InChI=1S/C12H16N6O3S/c1-8(2)18-7-13-15-12(18)22-6-10(19)14-9-3-4-17(16-9)5-11(20)21/h3-4,7-8H,5-6H2,1-2H3,(H,20,21)(H,14,16,19). The molecule has 118 valence electrons. The summed E-state index contributed by atoms with van der Waals surface area (Å²) in [5.41, 5.74) is 0. The van der Waals surface area contributed by atoms with Gasteiger partial charge in [0.2, 0.25) is 5.91 Å². The number of carboxylic acid groups (broad SMARTS) is 1. The molecule has 22 heavy (non-hydrogen) atoms. The number of carbonyl (C=O) groups excluding carboxylic acids is 1. The Kier molecular flexibility index (Phi) is 5.15. The van der Waals surface area contributed by atoms with Gasteiger partial charge >= 0.3 is 5.97 Å². The molecule has 0 atom stereocenters. The molecule has 0 bridgehead atoms. The van der Waals surface area contributed by atoms with Crippen molar-refractivity contribution in [2.75, 3.05) is 11.1 Å². The van der Waals surface area contributed by atoms with Crippen LogP contribution in [0.4, 0.5) is 5.82 Å². The summed E-state index contributed by atoms with van der Waals surface area (Å²) in [6.45, 7) is 3.76. The molecule has 0 saturated carbocycles. The SMILES string of the molecule is CC(C)n1cnnc1SCC(=O)Nc1ccn(CC(=O)O)n1. The lowest BCUT2D eigenvalue weighted by atomic mass is 10.4. The second-order valence-electron chi connectivity index (χ2n) is 4.74. The third-order valence-corrected chi connectivity index (χ3v) is 3.59. The molecule has 2 heterocycles. The highest BCUT2D eigenvalue weighted by Gasteiger charge is 2.12. The van der Waals surface area contributed by atoms with Gasteiger partial charge in [-0.1, -0.05) is 11.8 Å². The number of rotatable bonds is 7. The van der Waals surface area contributed by atoms with Crippen LogP contribution in [0.2, 0.25) is 0 Å². The first-order valence-corrected chi connectivity index (χ1v) is 7.51. The van der Waals surface area contributed by atoms with Gasteiger partial charge in [0.1, 0.15) is 12.9 Å². The van der Waals surface area contributed by atoms with Crippen LogP contribution in [0.5, 0.6) is 0 Å². The van der Waals surface area contributed by atoms with Crippen LogP contribution < -0.4 is 5.32 Å². The number of hydrogen-bond acceptors (Lipinski definition) is 6. The zero-order valence-electron chi connectivity index (χ0n) is 12.1. The fourth-order valence-corrected chi connectivity index (χ4v) is 2.50. The molecule has 2 aromatic heterocycles. The van der Waals surface area contributed by atoms with Gasteiger partial charge in [0.25, 0.3) is 0 Å². The first-order valence-electron chi connectivity index (χ1n) is 6.53. The highest BCUT2D eigenvalue weighted by atomic mass is 32.2. The van der Waals surface area contributed by atoms with Crippen molar-refractivity contribution >= 4 is 29.5 Å². The van der Waals surface area contributed by atoms with Crippen LogP contribution in [0.3, 0.4) is 0 Å². The lowest BCUT2D eigenvalue weighted by molar-refractivity contribution is -0.137. The molecule has 2 aromatic rings. The van der Waals surface area contributed by atoms with E-state index >= 15 is 0 Å². The van der Waals surface area contributed by atoms with Crippen molar-refractivity contribution in [3.05, 3.63) is 18.6 Å². The molecule has 0 fully saturated rings. The van der Waals surface area contributed by atoms with Gasteiger partial charge in [-0.25, -0.2) is 0 Å². The van der Waals surface area contributed by atoms with Crippen LogP contribution in [0, 0.1) is 0 Å². The van der Waals surface area contributed by atoms with E-state index in [1.165, 1.54) is 22.6 Å². The highest BCUT2D eigenvalue weighted by molar-refractivity contribution is 7.99. The van der Waals surface area contributed by atoms with Crippen LogP contribution in [0.1, 0.15) is 19.9 Å². The molecule has 2 rings (SSSR count). The van der Waals surface area contributed by atoms with Gasteiger partial charge in [0, 0.05) is 18.3 Å². The van der Waals surface area contributed by atoms with E-state index in [0.29, 0.717) is 11.0 Å². The molecule has 0 radical (unpaired) electrons. The molecule has 0 aliphatic carbocycles. The molecule has 9 nitrogen and oxygen atoms in total. The number of amides is 1. The molecular weight excluding hydrogens is 308 g/mol. The lowest BCUT2D eigenvalue weighted by Crippen LogP contribution is -2.16. The van der Waals surface area contributed by atoms with Gasteiger partial charge in [-0.05, 0) is 13.8 Å². The molecule has 1 amide bonds. The Labute approximate surface area is 130 Å². The van der Waals surface area contributed by atoms with Crippen LogP contribution in [0.25, 0.3) is 0 Å². The molecule has 10 heteroatoms. The number of aromatic nitrogens is 5. The van der Waals surface area contributed by atoms with Gasteiger partial charge in [-0.15, -0.1) is 10.2 Å². The van der Waals surface area contributed by atoms with E-state index in [9.17, 15) is 9.59 Å². The highest BCUT2D eigenvalue weighted by Crippen LogP contribution is 2.18. The monoisotopic (exact) mass is 324 g/mol. The molecule has 2 N–H and O–H groups in total. The number of nitrogens with one attached hydrogen (secondary N) is 1. The van der Waals surface area contributed by atoms with E-state index in [1.807, 2.05) is 18.4 Å². The number of nitrogens with zero attached hydrogens (tertiary/aromatic N) is 5. The number of hydrogen-bond donors (Lipinski definition) is 2. The normalized spacial score (nSPS) is 10.9. The summed E-state index contributed by atoms with van der Waals surface area (Å²) in [7, 11) is 0. The average Bonchev–Trinajstić information content (AvgIpc) is 3.05. The molecule has 0 aliphatic rings. The van der Waals surface area contributed by atoms with Crippen LogP contribution >= 0.6 is 11.8 Å². The number of carbonyl (C=O) groups is 2. The zero-order chi connectivity index (χ0) is 16.1. The Balaban J connectivity index is 1.86. The summed E-state index contributed by atoms with van der Waals surface area (Å²) in [4.78, 5) is 22.4. The Morgan fingerprint density at radius 1 is 1.45 bits per heavy atom. The van der Waals surface area contributed by atoms with E-state index < -0.39 is 5.97 Å². The van der Waals surface area contributed by atoms with Crippen molar-refractivity contribution in [2.45, 2.75) is 31.6 Å². The molecule has 0 aliphatic heterocycles. The van der Waals surface area contributed by atoms with Crippen molar-refractivity contribution in [3.63, 3.8) is 0 Å². The summed E-state index contributed by atoms with van der Waals surface area (Å²) in [6, 6.07) is 1.76. The van der Waals surface area contributed by atoms with Crippen molar-refractivity contribution < 1.29 is 14.7 Å². The predicted molar refractivity (Wildman–Crippen MR) is 79.6 cm³/mol. The molecular formula is C12H16N6O3S. The smallest absolute Gasteiger partial charge is 0.325 e. The quantitative estimate of drug-likeness (QED) is 0.726. The van der Waals surface area contributed by atoms with E-state index in [2.05, 4.69) is 20.6 Å². The van der Waals surface area contributed by atoms with Gasteiger partial charge in [0.05, 0.1) is 5.75 Å². The minimum Gasteiger partial charge on any atom is -0.480 e. The second kappa shape index (κ2) is 7.07. The maximum Gasteiger partial charge on any atom is 0.325 e. The van der Waals surface area contributed by atoms with Crippen LogP contribution in [-0.2, 0) is 16.1 Å². The molecule has 0 unspecified atom stereocenters. The van der Waals surface area contributed by atoms with Gasteiger partial charge in [-0.3, -0.25) is 14.3 Å². The zero-order valence-corrected chi connectivity index (χ0v) is 12.9. The van der Waals surface area contributed by atoms with E-state index in [4.69, 9.17) is 5.11 Å². The molecule has 0 saturated heterocycles. The number of carboxylic acids is 1. The first-order chi connectivity index (χ1) is 10.5. The Hall–Kier alpha value is -2.36. The summed E-state index contributed by atoms with van der Waals surface area (Å²) in [6.07, 6.45) is 3.12. The Bertz CT molecular complexity index is 665. The summed E-state index contributed by atoms with van der Waals surface area (Å²) < 4.78 is 3.11. The fraction of sp³-hybridized carbons (Fsp3) is 0.417. The third kappa shape index (κ3) is 4.32. The summed E-state index contributed by atoms with van der Waals surface area (Å²) >= 11 is 1.28. The van der Waals surface area contributed by atoms with E-state index in [-0.39, 0.29) is 24.2 Å². The maximum absolute atomic E-state index is 11.9. The third-order valence-electron chi connectivity index (χ3n) is 2.63. The Morgan fingerprint density at radius 2 is 2.23 bits per heavy atom. The number of aliphatic carboxylic acids is 1. The summed E-state index contributed by atoms with van der Waals surface area (Å²) in [5.74, 6) is -0.761. The topological polar surface area (TPSA) is 115 Å². The largest absolute Gasteiger partial charge is 0.480 e.